The Kier molecular flexibility index (Phi) is 4.78. The zero-order chi connectivity index (χ0) is 15.4. The van der Waals surface area contributed by atoms with Crippen LogP contribution in [0, 0.1) is 13.8 Å². The second-order valence-electron chi connectivity index (χ2n) is 5.46. The molecular weight excluding hydrogens is 262 g/mol. The molecule has 0 fully saturated rings. The molecule has 2 aromatic rings. The number of ether oxygens (including phenoxy) is 1. The quantitative estimate of drug-likeness (QED) is 0.882. The van der Waals surface area contributed by atoms with Gasteiger partial charge in [-0.05, 0) is 38.5 Å². The maximum atomic E-state index is 5.98. The molecule has 0 aliphatic carbocycles. The Labute approximate surface area is 126 Å². The summed E-state index contributed by atoms with van der Waals surface area (Å²) >= 11 is 0. The summed E-state index contributed by atoms with van der Waals surface area (Å²) in [4.78, 5) is 9.15. The first-order valence-corrected chi connectivity index (χ1v) is 7.38. The predicted molar refractivity (Wildman–Crippen MR) is 86.3 cm³/mol. The molecule has 0 spiro atoms. The molecule has 0 unspecified atom stereocenters. The van der Waals surface area contributed by atoms with E-state index >= 15 is 0 Å². The molecule has 0 bridgehead atoms. The van der Waals surface area contributed by atoms with Crippen molar-refractivity contribution in [3.8, 4) is 11.6 Å². The van der Waals surface area contributed by atoms with Crippen LogP contribution in [0.2, 0.25) is 0 Å². The van der Waals surface area contributed by atoms with Gasteiger partial charge in [0.05, 0.1) is 5.56 Å². The van der Waals surface area contributed by atoms with E-state index in [1.54, 1.807) is 0 Å². The highest BCUT2D eigenvalue weighted by molar-refractivity contribution is 5.50. The van der Waals surface area contributed by atoms with Gasteiger partial charge >= 0.3 is 0 Å². The normalized spacial score (nSPS) is 10.8. The molecule has 4 nitrogen and oxygen atoms in total. The standard InChI is InChI=1S/C17H23N3O/c1-6-18-16-13(5)17(20-15(19-16)11(2)3)21-14-9-7-8-12(4)10-14/h7-11H,6H2,1-5H3,(H,18,19,20). The van der Waals surface area contributed by atoms with Gasteiger partial charge in [-0.1, -0.05) is 26.0 Å². The Balaban J connectivity index is 2.41. The van der Waals surface area contributed by atoms with Crippen LogP contribution in [0.4, 0.5) is 5.82 Å². The van der Waals surface area contributed by atoms with E-state index in [-0.39, 0.29) is 5.92 Å². The summed E-state index contributed by atoms with van der Waals surface area (Å²) in [6.45, 7) is 11.1. The lowest BCUT2D eigenvalue weighted by molar-refractivity contribution is 0.453. The number of hydrogen-bond acceptors (Lipinski definition) is 4. The summed E-state index contributed by atoms with van der Waals surface area (Å²) < 4.78 is 5.98. The molecule has 0 saturated carbocycles. The van der Waals surface area contributed by atoms with Crippen LogP contribution in [-0.2, 0) is 0 Å². The highest BCUT2D eigenvalue weighted by atomic mass is 16.5. The highest BCUT2D eigenvalue weighted by Crippen LogP contribution is 2.29. The van der Waals surface area contributed by atoms with E-state index in [1.807, 2.05) is 38.1 Å². The van der Waals surface area contributed by atoms with E-state index in [2.05, 4.69) is 36.1 Å². The molecule has 1 aromatic heterocycles. The molecule has 21 heavy (non-hydrogen) atoms. The van der Waals surface area contributed by atoms with Gasteiger partial charge < -0.3 is 10.1 Å². The van der Waals surface area contributed by atoms with Gasteiger partial charge in [-0.15, -0.1) is 0 Å². The number of rotatable bonds is 5. The van der Waals surface area contributed by atoms with E-state index in [0.717, 1.165) is 35.1 Å². The summed E-state index contributed by atoms with van der Waals surface area (Å²) in [5, 5.41) is 3.28. The summed E-state index contributed by atoms with van der Waals surface area (Å²) in [5.74, 6) is 3.31. The summed E-state index contributed by atoms with van der Waals surface area (Å²) in [6.07, 6.45) is 0. The Morgan fingerprint density at radius 1 is 1.19 bits per heavy atom. The Hall–Kier alpha value is -2.10. The van der Waals surface area contributed by atoms with Gasteiger partial charge in [0.1, 0.15) is 17.4 Å². The van der Waals surface area contributed by atoms with Crippen LogP contribution in [0.5, 0.6) is 11.6 Å². The average molecular weight is 285 g/mol. The third-order valence-corrected chi connectivity index (χ3v) is 3.18. The fourth-order valence-corrected chi connectivity index (χ4v) is 2.00. The van der Waals surface area contributed by atoms with Gasteiger partial charge in [0.15, 0.2) is 0 Å². The second kappa shape index (κ2) is 6.57. The van der Waals surface area contributed by atoms with Crippen LogP contribution in [-0.4, -0.2) is 16.5 Å². The number of anilines is 1. The second-order valence-corrected chi connectivity index (χ2v) is 5.46. The molecule has 0 radical (unpaired) electrons. The molecule has 2 rings (SSSR count). The molecular formula is C17H23N3O. The molecule has 0 saturated heterocycles. The zero-order valence-corrected chi connectivity index (χ0v) is 13.4. The van der Waals surface area contributed by atoms with Gasteiger partial charge in [-0.2, -0.15) is 4.98 Å². The fraction of sp³-hybridized carbons (Fsp3) is 0.412. The summed E-state index contributed by atoms with van der Waals surface area (Å²) in [5.41, 5.74) is 2.10. The van der Waals surface area contributed by atoms with Crippen molar-refractivity contribution in [1.29, 1.82) is 0 Å². The molecule has 1 N–H and O–H groups in total. The zero-order valence-electron chi connectivity index (χ0n) is 13.4. The SMILES string of the molecule is CCNc1nc(C(C)C)nc(Oc2cccc(C)c2)c1C. The Morgan fingerprint density at radius 3 is 2.57 bits per heavy atom. The predicted octanol–water partition coefficient (Wildman–Crippen LogP) is 4.44. The first kappa shape index (κ1) is 15.3. The van der Waals surface area contributed by atoms with Crippen molar-refractivity contribution >= 4 is 5.82 Å². The van der Waals surface area contributed by atoms with Gasteiger partial charge in [-0.3, -0.25) is 0 Å². The smallest absolute Gasteiger partial charge is 0.227 e. The van der Waals surface area contributed by atoms with Crippen LogP contribution in [0.3, 0.4) is 0 Å². The molecule has 0 aliphatic rings. The molecule has 0 atom stereocenters. The van der Waals surface area contributed by atoms with E-state index in [1.165, 1.54) is 0 Å². The topological polar surface area (TPSA) is 47.0 Å². The minimum Gasteiger partial charge on any atom is -0.439 e. The third-order valence-electron chi connectivity index (χ3n) is 3.18. The molecule has 112 valence electrons. The van der Waals surface area contributed by atoms with Crippen LogP contribution in [0.1, 0.15) is 43.6 Å². The van der Waals surface area contributed by atoms with Crippen LogP contribution >= 0.6 is 0 Å². The highest BCUT2D eigenvalue weighted by Gasteiger charge is 2.14. The van der Waals surface area contributed by atoms with E-state index in [4.69, 9.17) is 4.74 Å². The molecule has 1 aromatic carbocycles. The largest absolute Gasteiger partial charge is 0.439 e. The van der Waals surface area contributed by atoms with E-state index < -0.39 is 0 Å². The van der Waals surface area contributed by atoms with Crippen molar-refractivity contribution in [2.45, 2.75) is 40.5 Å². The number of nitrogens with one attached hydrogen (secondary N) is 1. The third kappa shape index (κ3) is 3.72. The minimum atomic E-state index is 0.253. The van der Waals surface area contributed by atoms with Crippen LogP contribution in [0.15, 0.2) is 24.3 Å². The number of aryl methyl sites for hydroxylation is 1. The van der Waals surface area contributed by atoms with Crippen LogP contribution < -0.4 is 10.1 Å². The van der Waals surface area contributed by atoms with Gasteiger partial charge in [0.2, 0.25) is 5.88 Å². The first-order chi connectivity index (χ1) is 10.0. The van der Waals surface area contributed by atoms with Gasteiger partial charge in [0.25, 0.3) is 0 Å². The number of aromatic nitrogens is 2. The number of benzene rings is 1. The van der Waals surface area contributed by atoms with Crippen LogP contribution in [0.25, 0.3) is 0 Å². The lowest BCUT2D eigenvalue weighted by Crippen LogP contribution is -2.08. The van der Waals surface area contributed by atoms with Crippen molar-refractivity contribution in [1.82, 2.24) is 9.97 Å². The van der Waals surface area contributed by atoms with E-state index in [0.29, 0.717) is 5.88 Å². The maximum absolute atomic E-state index is 5.98. The Morgan fingerprint density at radius 2 is 1.95 bits per heavy atom. The monoisotopic (exact) mass is 285 g/mol. The van der Waals surface area contributed by atoms with Crippen molar-refractivity contribution in [3.63, 3.8) is 0 Å². The molecule has 1 heterocycles. The van der Waals surface area contributed by atoms with Gasteiger partial charge in [-0.25, -0.2) is 4.98 Å². The van der Waals surface area contributed by atoms with Crippen molar-refractivity contribution in [3.05, 3.63) is 41.2 Å². The minimum absolute atomic E-state index is 0.253. The summed E-state index contributed by atoms with van der Waals surface area (Å²) in [7, 11) is 0. The first-order valence-electron chi connectivity index (χ1n) is 7.38. The fourth-order valence-electron chi connectivity index (χ4n) is 2.00. The van der Waals surface area contributed by atoms with Crippen molar-refractivity contribution in [2.75, 3.05) is 11.9 Å². The van der Waals surface area contributed by atoms with Crippen molar-refractivity contribution < 1.29 is 4.74 Å². The van der Waals surface area contributed by atoms with Crippen molar-refractivity contribution in [2.24, 2.45) is 0 Å². The number of hydrogen-bond donors (Lipinski definition) is 1. The Bertz CT molecular complexity index is 623. The average Bonchev–Trinajstić information content (AvgIpc) is 2.43. The maximum Gasteiger partial charge on any atom is 0.227 e. The lowest BCUT2D eigenvalue weighted by Gasteiger charge is -2.15. The van der Waals surface area contributed by atoms with E-state index in [9.17, 15) is 0 Å². The molecule has 0 aliphatic heterocycles. The summed E-state index contributed by atoms with van der Waals surface area (Å²) in [6, 6.07) is 7.97. The van der Waals surface area contributed by atoms with Gasteiger partial charge in [0, 0.05) is 12.5 Å². The lowest BCUT2D eigenvalue weighted by atomic mass is 10.2. The molecule has 0 amide bonds. The number of nitrogens with zero attached hydrogens (tertiary/aromatic N) is 2. The molecule has 4 heteroatoms.